The molecule has 3 amide bonds. The first-order valence-corrected chi connectivity index (χ1v) is 11.1. The fraction of sp³-hybridized carbons (Fsp3) is 0.308. The highest BCUT2D eigenvalue weighted by Gasteiger charge is 2.60. The Morgan fingerprint density at radius 2 is 1.79 bits per heavy atom. The number of carbonyl (C=O) groups excluding carboxylic acids is 4. The molecule has 0 unspecified atom stereocenters. The van der Waals surface area contributed by atoms with E-state index in [1.807, 2.05) is 6.92 Å². The van der Waals surface area contributed by atoms with E-state index in [1.165, 1.54) is 22.6 Å². The smallest absolute Gasteiger partial charge is 0.338 e. The third-order valence-electron chi connectivity index (χ3n) is 6.93. The van der Waals surface area contributed by atoms with Crippen LogP contribution in [0.3, 0.4) is 0 Å². The van der Waals surface area contributed by atoms with Crippen LogP contribution in [0, 0.1) is 23.7 Å². The first-order valence-electron chi connectivity index (χ1n) is 11.1. The third kappa shape index (κ3) is 3.65. The first-order chi connectivity index (χ1) is 16.4. The van der Waals surface area contributed by atoms with E-state index in [2.05, 4.69) is 11.4 Å². The Kier molecular flexibility index (Phi) is 5.43. The van der Waals surface area contributed by atoms with Crippen LogP contribution in [-0.4, -0.2) is 37.4 Å². The predicted octanol–water partition coefficient (Wildman–Crippen LogP) is 3.19. The van der Waals surface area contributed by atoms with Gasteiger partial charge in [-0.15, -0.1) is 0 Å². The molecule has 3 aliphatic rings. The van der Waals surface area contributed by atoms with Gasteiger partial charge in [-0.3, -0.25) is 14.4 Å². The number of methoxy groups -OCH3 is 1. The van der Waals surface area contributed by atoms with Crippen molar-refractivity contribution in [2.45, 2.75) is 13.3 Å². The molecule has 2 fully saturated rings. The lowest BCUT2D eigenvalue weighted by Gasteiger charge is -2.19. The fourth-order valence-electron chi connectivity index (χ4n) is 5.39. The Morgan fingerprint density at radius 1 is 1.06 bits per heavy atom. The lowest BCUT2D eigenvalue weighted by Crippen LogP contribution is -2.33. The fourth-order valence-corrected chi connectivity index (χ4v) is 5.39. The quantitative estimate of drug-likeness (QED) is 0.404. The largest absolute Gasteiger partial charge is 0.497 e. The number of ether oxygens (including phenoxy) is 2. The second-order valence-corrected chi connectivity index (χ2v) is 8.88. The summed E-state index contributed by atoms with van der Waals surface area (Å²) < 4.78 is 10.2. The number of amides is 3. The number of carbonyl (C=O) groups is 4. The predicted molar refractivity (Wildman–Crippen MR) is 123 cm³/mol. The molecular formula is C26H24N2O6. The molecule has 1 N–H and O–H groups in total. The number of esters is 1. The summed E-state index contributed by atoms with van der Waals surface area (Å²) in [5, 5.41) is 2.63. The minimum absolute atomic E-state index is 0.105. The number of benzene rings is 2. The molecular weight excluding hydrogens is 436 g/mol. The SMILES string of the molecule is COc1ccc(NC(=O)COC(=O)c2cccc(N3C(=O)[C@H]4[C@H](C3=O)[C@H]3C=C(C)[C@H]4C3)c2)cc1. The van der Waals surface area contributed by atoms with Gasteiger partial charge in [-0.2, -0.15) is 0 Å². The molecule has 4 atom stereocenters. The van der Waals surface area contributed by atoms with Crippen molar-refractivity contribution in [3.8, 4) is 5.75 Å². The summed E-state index contributed by atoms with van der Waals surface area (Å²) in [5.41, 5.74) is 2.22. The number of imide groups is 1. The molecule has 1 saturated carbocycles. The number of nitrogens with one attached hydrogen (secondary N) is 1. The van der Waals surface area contributed by atoms with E-state index in [0.717, 1.165) is 6.42 Å². The van der Waals surface area contributed by atoms with Crippen molar-refractivity contribution < 1.29 is 28.7 Å². The zero-order valence-electron chi connectivity index (χ0n) is 18.8. The van der Waals surface area contributed by atoms with Crippen LogP contribution in [0.15, 0.2) is 60.2 Å². The molecule has 1 heterocycles. The lowest BCUT2D eigenvalue weighted by molar-refractivity contribution is -0.123. The van der Waals surface area contributed by atoms with Gasteiger partial charge in [-0.1, -0.05) is 17.7 Å². The van der Waals surface area contributed by atoms with Crippen molar-refractivity contribution in [1.29, 1.82) is 0 Å². The number of nitrogens with zero attached hydrogens (tertiary/aromatic N) is 1. The molecule has 0 aromatic heterocycles. The Hall–Kier alpha value is -3.94. The molecule has 1 saturated heterocycles. The van der Waals surface area contributed by atoms with Crippen molar-refractivity contribution in [2.75, 3.05) is 23.9 Å². The van der Waals surface area contributed by atoms with Crippen molar-refractivity contribution in [2.24, 2.45) is 23.7 Å². The highest BCUT2D eigenvalue weighted by molar-refractivity contribution is 6.23. The Morgan fingerprint density at radius 3 is 2.53 bits per heavy atom. The highest BCUT2D eigenvalue weighted by Crippen LogP contribution is 2.55. The summed E-state index contributed by atoms with van der Waals surface area (Å²) in [5.74, 6) is -1.40. The Bertz CT molecular complexity index is 1220. The molecule has 2 aromatic carbocycles. The zero-order valence-corrected chi connectivity index (χ0v) is 18.8. The van der Waals surface area contributed by atoms with E-state index in [4.69, 9.17) is 9.47 Å². The second kappa shape index (κ2) is 8.44. The topological polar surface area (TPSA) is 102 Å². The van der Waals surface area contributed by atoms with Crippen LogP contribution in [0.4, 0.5) is 11.4 Å². The Balaban J connectivity index is 1.23. The molecule has 8 heteroatoms. The summed E-state index contributed by atoms with van der Waals surface area (Å²) in [7, 11) is 1.55. The maximum absolute atomic E-state index is 13.1. The average Bonchev–Trinajstić information content (AvgIpc) is 3.48. The summed E-state index contributed by atoms with van der Waals surface area (Å²) >= 11 is 0. The van der Waals surface area contributed by atoms with Gasteiger partial charge >= 0.3 is 5.97 Å². The van der Waals surface area contributed by atoms with E-state index in [-0.39, 0.29) is 41.0 Å². The summed E-state index contributed by atoms with van der Waals surface area (Å²) in [6.07, 6.45) is 2.97. The molecule has 0 spiro atoms. The molecule has 34 heavy (non-hydrogen) atoms. The highest BCUT2D eigenvalue weighted by atomic mass is 16.5. The molecule has 2 bridgehead atoms. The standard InChI is InChI=1S/C26H24N2O6/c1-14-10-16-12-20(14)23-22(16)24(30)28(25(23)31)18-5-3-4-15(11-18)26(32)34-13-21(29)27-17-6-8-19(33-2)9-7-17/h3-11,16,20,22-23H,12-13H2,1-2H3,(H,27,29)/t16-,20+,22+,23+/m0/s1. The van der Waals surface area contributed by atoms with E-state index >= 15 is 0 Å². The van der Waals surface area contributed by atoms with E-state index in [9.17, 15) is 19.2 Å². The van der Waals surface area contributed by atoms with Gasteiger partial charge in [0.05, 0.1) is 30.2 Å². The van der Waals surface area contributed by atoms with Crippen LogP contribution in [0.2, 0.25) is 0 Å². The van der Waals surface area contributed by atoms with E-state index in [0.29, 0.717) is 17.1 Å². The normalized spacial score (nSPS) is 24.6. The first kappa shape index (κ1) is 21.9. The van der Waals surface area contributed by atoms with Crippen LogP contribution in [0.5, 0.6) is 5.75 Å². The van der Waals surface area contributed by atoms with E-state index in [1.54, 1.807) is 43.5 Å². The number of fused-ring (bicyclic) bond motifs is 5. The number of hydrogen-bond acceptors (Lipinski definition) is 6. The molecule has 2 aromatic rings. The van der Waals surface area contributed by atoms with Crippen LogP contribution < -0.4 is 15.0 Å². The number of rotatable bonds is 6. The monoisotopic (exact) mass is 460 g/mol. The maximum Gasteiger partial charge on any atom is 0.338 e. The van der Waals surface area contributed by atoms with Gasteiger partial charge in [0.1, 0.15) is 5.75 Å². The molecule has 2 aliphatic carbocycles. The maximum atomic E-state index is 13.1. The lowest BCUT2D eigenvalue weighted by atomic mass is 9.82. The van der Waals surface area contributed by atoms with Crippen molar-refractivity contribution in [3.63, 3.8) is 0 Å². The van der Waals surface area contributed by atoms with Crippen molar-refractivity contribution >= 4 is 35.1 Å². The summed E-state index contributed by atoms with van der Waals surface area (Å²) in [6.45, 7) is 1.54. The van der Waals surface area contributed by atoms with Gasteiger partial charge in [0.15, 0.2) is 6.61 Å². The van der Waals surface area contributed by atoms with Gasteiger partial charge in [-0.05, 0) is 67.6 Å². The minimum Gasteiger partial charge on any atom is -0.497 e. The van der Waals surface area contributed by atoms with Gasteiger partial charge in [0.25, 0.3) is 5.91 Å². The van der Waals surface area contributed by atoms with Crippen molar-refractivity contribution in [1.82, 2.24) is 0 Å². The Labute approximate surface area is 196 Å². The molecule has 8 nitrogen and oxygen atoms in total. The van der Waals surface area contributed by atoms with Crippen LogP contribution >= 0.6 is 0 Å². The van der Waals surface area contributed by atoms with Crippen LogP contribution in [0.1, 0.15) is 23.7 Å². The van der Waals surface area contributed by atoms with Gasteiger partial charge in [0.2, 0.25) is 11.8 Å². The average molecular weight is 460 g/mol. The third-order valence-corrected chi connectivity index (χ3v) is 6.93. The van der Waals surface area contributed by atoms with Gasteiger partial charge < -0.3 is 14.8 Å². The summed E-state index contributed by atoms with van der Waals surface area (Å²) in [6, 6.07) is 12.9. The van der Waals surface area contributed by atoms with E-state index < -0.39 is 18.5 Å². The van der Waals surface area contributed by atoms with Crippen LogP contribution in [0.25, 0.3) is 0 Å². The molecule has 5 rings (SSSR count). The van der Waals surface area contributed by atoms with Gasteiger partial charge in [-0.25, -0.2) is 9.69 Å². The number of allylic oxidation sites excluding steroid dienone is 2. The van der Waals surface area contributed by atoms with Crippen molar-refractivity contribution in [3.05, 3.63) is 65.7 Å². The number of anilines is 2. The second-order valence-electron chi connectivity index (χ2n) is 8.88. The summed E-state index contributed by atoms with van der Waals surface area (Å²) in [4.78, 5) is 52.2. The zero-order chi connectivity index (χ0) is 24.0. The minimum atomic E-state index is -0.719. The number of hydrogen-bond donors (Lipinski definition) is 1. The molecule has 0 radical (unpaired) electrons. The van der Waals surface area contributed by atoms with Crippen LogP contribution in [-0.2, 0) is 19.1 Å². The van der Waals surface area contributed by atoms with Gasteiger partial charge in [0, 0.05) is 5.69 Å². The molecule has 1 aliphatic heterocycles. The molecule has 174 valence electrons.